The molecule has 30 heavy (non-hydrogen) atoms. The van der Waals surface area contributed by atoms with Crippen LogP contribution in [0.1, 0.15) is 57.6 Å². The van der Waals surface area contributed by atoms with E-state index in [0.717, 1.165) is 12.8 Å². The van der Waals surface area contributed by atoms with Crippen LogP contribution in [0, 0.1) is 23.7 Å². The summed E-state index contributed by atoms with van der Waals surface area (Å²) >= 11 is 0. The monoisotopic (exact) mass is 398 g/mol. The maximum Gasteiger partial charge on any atom is 0.336 e. The van der Waals surface area contributed by atoms with Crippen molar-refractivity contribution in [2.45, 2.75) is 30.6 Å². The third-order valence-corrected chi connectivity index (χ3v) is 8.00. The Balaban J connectivity index is 1.54. The van der Waals surface area contributed by atoms with Crippen molar-refractivity contribution >= 4 is 17.5 Å². The molecular weight excluding hydrogens is 376 g/mol. The maximum atomic E-state index is 13.8. The number of aromatic carboxylic acids is 1. The van der Waals surface area contributed by atoms with E-state index in [0.29, 0.717) is 11.5 Å². The lowest BCUT2D eigenvalue weighted by molar-refractivity contribution is -0.126. The van der Waals surface area contributed by atoms with Gasteiger partial charge in [0.05, 0.1) is 5.56 Å². The number of carbonyl (C=O) groups excluding carboxylic acids is 2. The Bertz CT molecular complexity index is 1130. The number of ketones is 2. The van der Waals surface area contributed by atoms with E-state index >= 15 is 0 Å². The first-order chi connectivity index (χ1) is 14.6. The standard InChI is InChI=1S/C26H22O4/c27-24-21(17-11-5-6-12-18(17)26(29)30)25(28)23-20-14-8-2-1-7-13(14)19(22(23)24)15-9-3-4-10-16(15)20/h1-3,5-9,11-12,15-16,19-23H,4,10H2,(H,29,30). The molecule has 0 heterocycles. The van der Waals surface area contributed by atoms with E-state index in [-0.39, 0.29) is 46.7 Å². The van der Waals surface area contributed by atoms with Gasteiger partial charge < -0.3 is 5.11 Å². The molecule has 0 saturated heterocycles. The van der Waals surface area contributed by atoms with Gasteiger partial charge >= 0.3 is 5.97 Å². The number of carboxylic acids is 1. The Kier molecular flexibility index (Phi) is 3.71. The molecule has 0 aromatic heterocycles. The average molecular weight is 398 g/mol. The molecule has 0 aliphatic heterocycles. The summed E-state index contributed by atoms with van der Waals surface area (Å²) in [6, 6.07) is 14.8. The van der Waals surface area contributed by atoms with Gasteiger partial charge in [0.25, 0.3) is 0 Å². The Morgan fingerprint density at radius 3 is 2.10 bits per heavy atom. The van der Waals surface area contributed by atoms with Gasteiger partial charge in [0.1, 0.15) is 5.92 Å². The molecule has 7 rings (SSSR count). The predicted octanol–water partition coefficient (Wildman–Crippen LogP) is 4.33. The van der Waals surface area contributed by atoms with Crippen molar-refractivity contribution in [3.8, 4) is 0 Å². The van der Waals surface area contributed by atoms with E-state index in [1.807, 2.05) is 12.1 Å². The molecule has 2 fully saturated rings. The Morgan fingerprint density at radius 1 is 0.800 bits per heavy atom. The van der Waals surface area contributed by atoms with Gasteiger partial charge in [0, 0.05) is 17.8 Å². The van der Waals surface area contributed by atoms with Crippen LogP contribution in [0.15, 0.2) is 60.7 Å². The molecule has 4 nitrogen and oxygen atoms in total. The fraction of sp³-hybridized carbons (Fsp3) is 0.346. The second-order valence-electron chi connectivity index (χ2n) is 9.11. The quantitative estimate of drug-likeness (QED) is 0.604. The number of rotatable bonds is 2. The van der Waals surface area contributed by atoms with E-state index in [4.69, 9.17) is 0 Å². The molecule has 2 saturated carbocycles. The van der Waals surface area contributed by atoms with Crippen LogP contribution in [0.5, 0.6) is 0 Å². The van der Waals surface area contributed by atoms with Crippen LogP contribution in [0.3, 0.4) is 0 Å². The summed E-state index contributed by atoms with van der Waals surface area (Å²) in [6.07, 6.45) is 6.54. The minimum absolute atomic E-state index is 0.0104. The molecule has 0 spiro atoms. The number of hydrogen-bond acceptors (Lipinski definition) is 3. The van der Waals surface area contributed by atoms with Crippen molar-refractivity contribution in [3.05, 3.63) is 82.9 Å². The molecule has 7 atom stereocenters. The summed E-state index contributed by atoms with van der Waals surface area (Å²) in [6.45, 7) is 0. The summed E-state index contributed by atoms with van der Waals surface area (Å²) in [5.74, 6) is -2.19. The molecule has 2 bridgehead atoms. The number of carbonyl (C=O) groups is 3. The minimum Gasteiger partial charge on any atom is -0.478 e. The van der Waals surface area contributed by atoms with E-state index in [9.17, 15) is 19.5 Å². The van der Waals surface area contributed by atoms with Crippen molar-refractivity contribution < 1.29 is 19.5 Å². The van der Waals surface area contributed by atoms with E-state index in [2.05, 4.69) is 24.3 Å². The van der Waals surface area contributed by atoms with Crippen LogP contribution in [0.2, 0.25) is 0 Å². The Morgan fingerprint density at radius 2 is 1.40 bits per heavy atom. The SMILES string of the molecule is O=C(O)c1ccccc1C1C(=O)C2C(C1=O)C1c3ccccc3C2C2C=CCCC21. The van der Waals surface area contributed by atoms with Crippen molar-refractivity contribution in [2.75, 3.05) is 0 Å². The lowest BCUT2D eigenvalue weighted by Crippen LogP contribution is -2.50. The van der Waals surface area contributed by atoms with Gasteiger partial charge in [-0.25, -0.2) is 4.79 Å². The highest BCUT2D eigenvalue weighted by molar-refractivity contribution is 6.18. The zero-order valence-electron chi connectivity index (χ0n) is 16.4. The van der Waals surface area contributed by atoms with Crippen LogP contribution in [0.25, 0.3) is 0 Å². The van der Waals surface area contributed by atoms with Crippen molar-refractivity contribution in [1.82, 2.24) is 0 Å². The van der Waals surface area contributed by atoms with Crippen LogP contribution < -0.4 is 0 Å². The number of carboxylic acid groups (broad SMARTS) is 1. The molecule has 5 aliphatic rings. The number of hydrogen-bond donors (Lipinski definition) is 1. The summed E-state index contributed by atoms with van der Waals surface area (Å²) in [5, 5.41) is 9.65. The highest BCUT2D eigenvalue weighted by atomic mass is 16.4. The fourth-order valence-corrected chi connectivity index (χ4v) is 7.06. The molecule has 0 radical (unpaired) electrons. The highest BCUT2D eigenvalue weighted by Crippen LogP contribution is 2.66. The zero-order chi connectivity index (χ0) is 20.6. The van der Waals surface area contributed by atoms with Gasteiger partial charge in [0.15, 0.2) is 11.6 Å². The summed E-state index contributed by atoms with van der Waals surface area (Å²) in [4.78, 5) is 39.3. The predicted molar refractivity (Wildman–Crippen MR) is 110 cm³/mol. The van der Waals surface area contributed by atoms with Crippen LogP contribution in [-0.2, 0) is 9.59 Å². The molecule has 150 valence electrons. The van der Waals surface area contributed by atoms with E-state index in [1.165, 1.54) is 17.2 Å². The molecule has 2 aromatic rings. The average Bonchev–Trinajstić information content (AvgIpc) is 3.04. The van der Waals surface area contributed by atoms with Gasteiger partial charge in [-0.2, -0.15) is 0 Å². The lowest BCUT2D eigenvalue weighted by atomic mass is 9.47. The second-order valence-corrected chi connectivity index (χ2v) is 9.11. The van der Waals surface area contributed by atoms with Gasteiger partial charge in [0.2, 0.25) is 0 Å². The second kappa shape index (κ2) is 6.24. The maximum absolute atomic E-state index is 13.8. The molecule has 4 heteroatoms. The van der Waals surface area contributed by atoms with Gasteiger partial charge in [-0.3, -0.25) is 9.59 Å². The van der Waals surface area contributed by atoms with Gasteiger partial charge in [-0.05, 0) is 53.4 Å². The van der Waals surface area contributed by atoms with Crippen LogP contribution in [-0.4, -0.2) is 22.6 Å². The van der Waals surface area contributed by atoms with E-state index in [1.54, 1.807) is 18.2 Å². The first kappa shape index (κ1) is 17.8. The molecular formula is C26H22O4. The number of allylic oxidation sites excluding steroid dienone is 2. The van der Waals surface area contributed by atoms with Crippen LogP contribution in [0.4, 0.5) is 0 Å². The van der Waals surface area contributed by atoms with Crippen LogP contribution >= 0.6 is 0 Å². The minimum atomic E-state index is -1.09. The first-order valence-corrected chi connectivity index (χ1v) is 10.7. The summed E-state index contributed by atoms with van der Waals surface area (Å²) in [5.41, 5.74) is 2.86. The number of Topliss-reactive ketones (excluding diaryl/α,β-unsaturated/α-hetero) is 2. The van der Waals surface area contributed by atoms with Crippen molar-refractivity contribution in [1.29, 1.82) is 0 Å². The number of benzene rings is 2. The van der Waals surface area contributed by atoms with Crippen molar-refractivity contribution in [3.63, 3.8) is 0 Å². The Hall–Kier alpha value is -3.01. The third-order valence-electron chi connectivity index (χ3n) is 8.00. The zero-order valence-corrected chi connectivity index (χ0v) is 16.4. The van der Waals surface area contributed by atoms with Gasteiger partial charge in [-0.1, -0.05) is 54.6 Å². The topological polar surface area (TPSA) is 71.4 Å². The lowest BCUT2D eigenvalue weighted by Gasteiger charge is -2.55. The fourth-order valence-electron chi connectivity index (χ4n) is 7.06. The smallest absolute Gasteiger partial charge is 0.336 e. The van der Waals surface area contributed by atoms with Gasteiger partial charge in [-0.15, -0.1) is 0 Å². The molecule has 5 aliphatic carbocycles. The first-order valence-electron chi connectivity index (χ1n) is 10.7. The molecule has 0 amide bonds. The molecule has 7 unspecified atom stereocenters. The highest BCUT2D eigenvalue weighted by Gasteiger charge is 2.65. The Labute approximate surface area is 174 Å². The normalized spacial score (nSPS) is 35.7. The summed E-state index contributed by atoms with van der Waals surface area (Å²) < 4.78 is 0. The molecule has 2 aromatic carbocycles. The summed E-state index contributed by atoms with van der Waals surface area (Å²) in [7, 11) is 0. The molecule has 1 N–H and O–H groups in total. The third kappa shape index (κ3) is 2.14. The van der Waals surface area contributed by atoms with Crippen molar-refractivity contribution in [2.24, 2.45) is 23.7 Å². The largest absolute Gasteiger partial charge is 0.478 e. The van der Waals surface area contributed by atoms with E-state index < -0.39 is 11.9 Å².